The number of nitrogens with one attached hydrogen (secondary N) is 1. The number of benzene rings is 1. The zero-order valence-electron chi connectivity index (χ0n) is 12.4. The van der Waals surface area contributed by atoms with Crippen molar-refractivity contribution < 1.29 is 4.74 Å². The van der Waals surface area contributed by atoms with Gasteiger partial charge >= 0.3 is 0 Å². The van der Waals surface area contributed by atoms with E-state index in [-0.39, 0.29) is 11.5 Å². The Morgan fingerprint density at radius 1 is 1.30 bits per heavy atom. The second-order valence-corrected chi connectivity index (χ2v) is 7.24. The van der Waals surface area contributed by atoms with E-state index in [2.05, 4.69) is 28.2 Å². The summed E-state index contributed by atoms with van der Waals surface area (Å²) in [5.74, 6) is 0.889. The summed E-state index contributed by atoms with van der Waals surface area (Å²) in [6.07, 6.45) is 6.44. The Morgan fingerprint density at radius 3 is 2.50 bits per heavy atom. The first kappa shape index (κ1) is 16.1. The highest BCUT2D eigenvalue weighted by molar-refractivity contribution is 9.10. The van der Waals surface area contributed by atoms with Crippen molar-refractivity contribution in [3.05, 3.63) is 27.2 Å². The van der Waals surface area contributed by atoms with E-state index in [9.17, 15) is 0 Å². The van der Waals surface area contributed by atoms with Crippen LogP contribution in [0.2, 0.25) is 5.02 Å². The Labute approximate surface area is 135 Å². The molecule has 4 heteroatoms. The highest BCUT2D eigenvalue weighted by atomic mass is 79.9. The van der Waals surface area contributed by atoms with Crippen molar-refractivity contribution in [2.75, 3.05) is 14.2 Å². The van der Waals surface area contributed by atoms with Gasteiger partial charge in [0.05, 0.1) is 11.6 Å². The molecule has 0 saturated heterocycles. The summed E-state index contributed by atoms with van der Waals surface area (Å²) < 4.78 is 6.52. The van der Waals surface area contributed by atoms with Gasteiger partial charge in [-0.05, 0) is 53.4 Å². The fraction of sp³-hybridized carbons (Fsp3) is 0.625. The third-order valence-corrected chi connectivity index (χ3v) is 5.34. The largest absolute Gasteiger partial charge is 0.495 e. The molecule has 0 radical (unpaired) electrons. The zero-order chi connectivity index (χ0) is 14.8. The smallest absolute Gasteiger partial charge is 0.137 e. The number of hydrogen-bond donors (Lipinski definition) is 1. The Bertz CT molecular complexity index is 472. The minimum Gasteiger partial charge on any atom is -0.495 e. The van der Waals surface area contributed by atoms with Crippen LogP contribution in [0.1, 0.15) is 50.6 Å². The topological polar surface area (TPSA) is 21.3 Å². The monoisotopic (exact) mass is 359 g/mol. The quantitative estimate of drug-likeness (QED) is 0.782. The predicted molar refractivity (Wildman–Crippen MR) is 88.7 cm³/mol. The maximum Gasteiger partial charge on any atom is 0.137 e. The van der Waals surface area contributed by atoms with Crippen LogP contribution >= 0.6 is 27.5 Å². The van der Waals surface area contributed by atoms with Crippen LogP contribution in [0.25, 0.3) is 0 Å². The van der Waals surface area contributed by atoms with Crippen LogP contribution in [0, 0.1) is 5.41 Å². The molecule has 2 nitrogen and oxygen atoms in total. The summed E-state index contributed by atoms with van der Waals surface area (Å²) in [6.45, 7) is 2.38. The van der Waals surface area contributed by atoms with Gasteiger partial charge in [-0.25, -0.2) is 0 Å². The lowest BCUT2D eigenvalue weighted by Crippen LogP contribution is -2.36. The zero-order valence-corrected chi connectivity index (χ0v) is 14.8. The molecule has 2 rings (SSSR count). The first-order valence-electron chi connectivity index (χ1n) is 7.22. The Balaban J connectivity index is 2.45. The van der Waals surface area contributed by atoms with Gasteiger partial charge in [0.15, 0.2) is 0 Å². The molecule has 1 saturated carbocycles. The second kappa shape index (κ2) is 6.67. The van der Waals surface area contributed by atoms with Crippen molar-refractivity contribution in [2.24, 2.45) is 5.41 Å². The average Bonchev–Trinajstić information content (AvgIpc) is 2.39. The summed E-state index contributed by atoms with van der Waals surface area (Å²) in [6, 6.07) is 4.18. The molecule has 1 aliphatic carbocycles. The summed E-state index contributed by atoms with van der Waals surface area (Å²) in [4.78, 5) is 0. The Hall–Kier alpha value is -0.250. The van der Waals surface area contributed by atoms with Crippen LogP contribution in [0.3, 0.4) is 0 Å². The Morgan fingerprint density at radius 2 is 1.95 bits per heavy atom. The van der Waals surface area contributed by atoms with E-state index in [1.54, 1.807) is 7.11 Å². The first-order chi connectivity index (χ1) is 9.51. The maximum atomic E-state index is 6.25. The van der Waals surface area contributed by atoms with Gasteiger partial charge in [-0.15, -0.1) is 0 Å². The summed E-state index contributed by atoms with van der Waals surface area (Å²) in [7, 11) is 3.74. The number of rotatable bonds is 4. The molecule has 0 bridgehead atoms. The van der Waals surface area contributed by atoms with Crippen LogP contribution in [-0.2, 0) is 0 Å². The molecule has 1 unspecified atom stereocenters. The van der Waals surface area contributed by atoms with Gasteiger partial charge in [0.2, 0.25) is 0 Å². The normalized spacial score (nSPS) is 19.6. The molecule has 1 aromatic carbocycles. The van der Waals surface area contributed by atoms with Gasteiger partial charge in [-0.3, -0.25) is 0 Å². The summed E-state index contributed by atoms with van der Waals surface area (Å²) in [5.41, 5.74) is 1.41. The minimum atomic E-state index is 0.254. The number of halogens is 2. The molecular formula is C16H23BrClNO. The van der Waals surface area contributed by atoms with E-state index in [1.165, 1.54) is 32.1 Å². The predicted octanol–water partition coefficient (Wildman–Crippen LogP) is 5.34. The second-order valence-electron chi connectivity index (χ2n) is 5.95. The fourth-order valence-corrected chi connectivity index (χ4v) is 4.53. The summed E-state index contributed by atoms with van der Waals surface area (Å²) in [5, 5.41) is 4.24. The highest BCUT2D eigenvalue weighted by Gasteiger charge is 2.37. The van der Waals surface area contributed by atoms with Gasteiger partial charge in [-0.2, -0.15) is 0 Å². The molecule has 1 fully saturated rings. The summed E-state index contributed by atoms with van der Waals surface area (Å²) >= 11 is 9.81. The van der Waals surface area contributed by atoms with E-state index < -0.39 is 0 Å². The standard InChI is InChI=1S/C16H23BrClNO/c1-16(7-5-4-6-8-16)15(19-2)12-9-11(18)10-13(17)14(12)20-3/h9-10,15,19H,4-8H2,1-3H3. The van der Waals surface area contributed by atoms with Crippen molar-refractivity contribution in [1.29, 1.82) is 0 Å². The minimum absolute atomic E-state index is 0.254. The van der Waals surface area contributed by atoms with Crippen molar-refractivity contribution in [3.8, 4) is 5.75 Å². The molecule has 0 spiro atoms. The van der Waals surface area contributed by atoms with Crippen molar-refractivity contribution in [1.82, 2.24) is 5.32 Å². The van der Waals surface area contributed by atoms with Crippen LogP contribution in [0.15, 0.2) is 16.6 Å². The van der Waals surface area contributed by atoms with Gasteiger partial charge in [0.1, 0.15) is 5.75 Å². The fourth-order valence-electron chi connectivity index (χ4n) is 3.54. The molecule has 1 N–H and O–H groups in total. The molecule has 0 amide bonds. The van der Waals surface area contributed by atoms with Crippen molar-refractivity contribution in [3.63, 3.8) is 0 Å². The lowest BCUT2D eigenvalue weighted by atomic mass is 9.68. The van der Waals surface area contributed by atoms with Gasteiger partial charge in [0.25, 0.3) is 0 Å². The van der Waals surface area contributed by atoms with E-state index in [0.29, 0.717) is 0 Å². The van der Waals surface area contributed by atoms with Crippen LogP contribution in [-0.4, -0.2) is 14.2 Å². The first-order valence-corrected chi connectivity index (χ1v) is 8.39. The molecule has 0 heterocycles. The van der Waals surface area contributed by atoms with Gasteiger partial charge in [0, 0.05) is 16.6 Å². The number of methoxy groups -OCH3 is 1. The van der Waals surface area contributed by atoms with E-state index in [4.69, 9.17) is 16.3 Å². The van der Waals surface area contributed by atoms with Crippen molar-refractivity contribution >= 4 is 27.5 Å². The molecule has 1 atom stereocenters. The lowest BCUT2D eigenvalue weighted by molar-refractivity contribution is 0.148. The van der Waals surface area contributed by atoms with E-state index >= 15 is 0 Å². The van der Waals surface area contributed by atoms with E-state index in [1.807, 2.05) is 19.2 Å². The molecule has 1 aliphatic rings. The molecular weight excluding hydrogens is 338 g/mol. The number of ether oxygens (including phenoxy) is 1. The third-order valence-electron chi connectivity index (χ3n) is 4.53. The van der Waals surface area contributed by atoms with E-state index in [0.717, 1.165) is 20.8 Å². The molecule has 20 heavy (non-hydrogen) atoms. The number of hydrogen-bond acceptors (Lipinski definition) is 2. The molecule has 0 aromatic heterocycles. The van der Waals surface area contributed by atoms with Crippen molar-refractivity contribution in [2.45, 2.75) is 45.1 Å². The Kier molecular flexibility index (Phi) is 5.38. The molecule has 112 valence electrons. The SMILES string of the molecule is CNC(c1cc(Cl)cc(Br)c1OC)C1(C)CCCCC1. The van der Waals surface area contributed by atoms with Crippen LogP contribution in [0.4, 0.5) is 0 Å². The third kappa shape index (κ3) is 3.15. The lowest BCUT2D eigenvalue weighted by Gasteiger charge is -2.41. The highest BCUT2D eigenvalue weighted by Crippen LogP contribution is 2.49. The molecule has 1 aromatic rings. The van der Waals surface area contributed by atoms with Gasteiger partial charge in [-0.1, -0.05) is 37.8 Å². The van der Waals surface area contributed by atoms with Crippen LogP contribution < -0.4 is 10.1 Å². The maximum absolute atomic E-state index is 6.25. The average molecular weight is 361 g/mol. The van der Waals surface area contributed by atoms with Crippen LogP contribution in [0.5, 0.6) is 5.75 Å². The van der Waals surface area contributed by atoms with Gasteiger partial charge < -0.3 is 10.1 Å². The molecule has 0 aliphatic heterocycles.